The van der Waals surface area contributed by atoms with E-state index in [9.17, 15) is 10.1 Å². The number of aromatic nitrogens is 4. The molecule has 3 N–H and O–H groups in total. The van der Waals surface area contributed by atoms with Gasteiger partial charge in [0.15, 0.2) is 11.5 Å². The second-order valence-electron chi connectivity index (χ2n) is 7.65. The smallest absolute Gasteiger partial charge is 0.270 e. The summed E-state index contributed by atoms with van der Waals surface area (Å²) in [7, 11) is 0. The van der Waals surface area contributed by atoms with E-state index in [0.29, 0.717) is 41.4 Å². The summed E-state index contributed by atoms with van der Waals surface area (Å²) in [6.07, 6.45) is 2.37. The Hall–Kier alpha value is -4.14. The number of nitrogens with zero attached hydrogens (tertiary/aromatic N) is 6. The van der Waals surface area contributed by atoms with Crippen LogP contribution < -0.4 is 11.1 Å². The fraction of sp³-hybridized carbons (Fsp3) is 0.217. The van der Waals surface area contributed by atoms with Crippen LogP contribution in [-0.2, 0) is 0 Å². The summed E-state index contributed by atoms with van der Waals surface area (Å²) in [6.45, 7) is 2.95. The number of nitrogen functional groups attached to an aromatic ring is 1. The highest BCUT2D eigenvalue weighted by Crippen LogP contribution is 2.30. The molecule has 0 spiro atoms. The Bertz CT molecular complexity index is 1370. The number of hydrogen-bond donors (Lipinski definition) is 2. The number of amides is 1. The average molecular weight is 475 g/mol. The maximum atomic E-state index is 13.0. The summed E-state index contributed by atoms with van der Waals surface area (Å²) in [5.74, 6) is 0.532. The highest BCUT2D eigenvalue weighted by Gasteiger charge is 2.21. The Morgan fingerprint density at radius 1 is 1.24 bits per heavy atom. The Morgan fingerprint density at radius 3 is 2.94 bits per heavy atom. The molecule has 1 aliphatic heterocycles. The van der Waals surface area contributed by atoms with E-state index in [1.54, 1.807) is 23.1 Å². The molecule has 0 atom stereocenters. The van der Waals surface area contributed by atoms with E-state index in [2.05, 4.69) is 31.6 Å². The van der Waals surface area contributed by atoms with Crippen LogP contribution >= 0.6 is 11.3 Å². The monoisotopic (exact) mass is 474 g/mol. The van der Waals surface area contributed by atoms with Crippen LogP contribution in [0.4, 0.5) is 5.82 Å². The number of carbonyl (C=O) groups excluding carboxylic acids is 1. The first-order chi connectivity index (χ1) is 16.6. The lowest BCUT2D eigenvalue weighted by Gasteiger charge is -2.20. The first-order valence-electron chi connectivity index (χ1n) is 10.7. The number of anilines is 1. The minimum atomic E-state index is -0.0946. The van der Waals surface area contributed by atoms with E-state index < -0.39 is 0 Å². The van der Waals surface area contributed by atoms with Crippen LogP contribution in [0.1, 0.15) is 23.8 Å². The van der Waals surface area contributed by atoms with Crippen molar-refractivity contribution < 1.29 is 10.6 Å². The van der Waals surface area contributed by atoms with Gasteiger partial charge in [-0.05, 0) is 36.5 Å². The molecule has 4 aromatic rings. The van der Waals surface area contributed by atoms with E-state index >= 15 is 0 Å². The molecule has 0 unspecified atom stereocenters. The number of rotatable bonds is 4. The lowest BCUT2D eigenvalue weighted by Crippen LogP contribution is -2.34. The van der Waals surface area contributed by atoms with E-state index in [1.807, 2.05) is 17.5 Å². The van der Waals surface area contributed by atoms with Gasteiger partial charge in [0.25, 0.3) is 17.7 Å². The average Bonchev–Trinajstić information content (AvgIpc) is 3.50. The summed E-state index contributed by atoms with van der Waals surface area (Å²) in [4.78, 5) is 24.4. The number of benzene rings is 1. The van der Waals surface area contributed by atoms with Crippen LogP contribution in [-0.4, -0.2) is 57.2 Å². The maximum absolute atomic E-state index is 13.0. The molecule has 4 heterocycles. The summed E-state index contributed by atoms with van der Waals surface area (Å²) in [5, 5.41) is 23.1. The van der Waals surface area contributed by atoms with Gasteiger partial charge in [0.1, 0.15) is 0 Å². The third-order valence-electron chi connectivity index (χ3n) is 5.45. The van der Waals surface area contributed by atoms with Crippen molar-refractivity contribution in [1.82, 2.24) is 30.4 Å². The quantitative estimate of drug-likeness (QED) is 0.455. The first kappa shape index (κ1) is 21.7. The summed E-state index contributed by atoms with van der Waals surface area (Å²) >= 11 is 1.47. The van der Waals surface area contributed by atoms with Gasteiger partial charge >= 0.3 is 0 Å². The Kier molecular flexibility index (Phi) is 5.99. The molecule has 1 aromatic carbocycles. The molecule has 1 fully saturated rings. The highest BCUT2D eigenvalue weighted by molar-refractivity contribution is 7.13. The normalized spacial score (nSPS) is 13.9. The molecule has 11 heteroatoms. The van der Waals surface area contributed by atoms with Gasteiger partial charge < -0.3 is 20.4 Å². The van der Waals surface area contributed by atoms with Gasteiger partial charge in [-0.1, -0.05) is 12.1 Å². The van der Waals surface area contributed by atoms with Gasteiger partial charge in [-0.25, -0.2) is 9.97 Å². The summed E-state index contributed by atoms with van der Waals surface area (Å²) in [6, 6.07) is 10.9. The summed E-state index contributed by atoms with van der Waals surface area (Å²) < 4.78 is 5.76. The lowest BCUT2D eigenvalue weighted by atomic mass is 10.0. The molecule has 0 aliphatic carbocycles. The van der Waals surface area contributed by atoms with Crippen LogP contribution in [0.15, 0.2) is 46.3 Å². The fourth-order valence-electron chi connectivity index (χ4n) is 3.73. The second-order valence-corrected chi connectivity index (χ2v) is 8.59. The van der Waals surface area contributed by atoms with Crippen molar-refractivity contribution >= 4 is 23.1 Å². The largest absolute Gasteiger partial charge is 0.414 e. The zero-order valence-electron chi connectivity index (χ0n) is 18.1. The van der Waals surface area contributed by atoms with Crippen LogP contribution in [0.5, 0.6) is 0 Å². The minimum absolute atomic E-state index is 0. The van der Waals surface area contributed by atoms with E-state index in [-0.39, 0.29) is 24.7 Å². The SMILES string of the molecule is N#Cc1cc(C(=O)N2CCCNCC2)ccc1-c1cnc(N)c(-c2nnc(-c3cccs3)o2)n1.[HH]. The molecule has 1 amide bonds. The summed E-state index contributed by atoms with van der Waals surface area (Å²) in [5.41, 5.74) is 7.99. The van der Waals surface area contributed by atoms with Crippen molar-refractivity contribution in [2.45, 2.75) is 6.42 Å². The predicted octanol–water partition coefficient (Wildman–Crippen LogP) is 3.06. The third kappa shape index (κ3) is 4.24. The zero-order valence-corrected chi connectivity index (χ0v) is 18.9. The third-order valence-corrected chi connectivity index (χ3v) is 6.31. The standard InChI is InChI=1S/C23H20N8O2S.H2/c24-12-15-11-14(23(32)31-8-2-6-26-7-9-31)4-5-16(15)17-13-27-20(25)19(28-17)22-30-29-21(33-22)18-3-1-10-34-18;/h1,3-5,10-11,13,26H,2,6-9H2,(H2,25,27);1H. The molecule has 1 saturated heterocycles. The van der Waals surface area contributed by atoms with Crippen LogP contribution in [0, 0.1) is 11.3 Å². The van der Waals surface area contributed by atoms with Gasteiger partial charge in [0.05, 0.1) is 28.4 Å². The Morgan fingerprint density at radius 2 is 2.12 bits per heavy atom. The van der Waals surface area contributed by atoms with Crippen molar-refractivity contribution in [1.29, 1.82) is 5.26 Å². The van der Waals surface area contributed by atoms with E-state index in [1.165, 1.54) is 17.5 Å². The molecule has 0 bridgehead atoms. The van der Waals surface area contributed by atoms with Crippen molar-refractivity contribution in [3.05, 3.63) is 53.0 Å². The van der Waals surface area contributed by atoms with Crippen molar-refractivity contribution in [2.75, 3.05) is 31.9 Å². The van der Waals surface area contributed by atoms with E-state index in [4.69, 9.17) is 10.2 Å². The lowest BCUT2D eigenvalue weighted by molar-refractivity contribution is 0.0766. The predicted molar refractivity (Wildman–Crippen MR) is 129 cm³/mol. The Balaban J connectivity index is 0.00000289. The van der Waals surface area contributed by atoms with Gasteiger partial charge in [-0.15, -0.1) is 21.5 Å². The van der Waals surface area contributed by atoms with E-state index in [0.717, 1.165) is 24.4 Å². The number of nitriles is 1. The van der Waals surface area contributed by atoms with Crippen LogP contribution in [0.25, 0.3) is 33.6 Å². The molecule has 0 radical (unpaired) electrons. The van der Waals surface area contributed by atoms with Gasteiger partial charge in [-0.3, -0.25) is 4.79 Å². The fourth-order valence-corrected chi connectivity index (χ4v) is 4.37. The molecule has 10 nitrogen and oxygen atoms in total. The topological polar surface area (TPSA) is 147 Å². The van der Waals surface area contributed by atoms with Gasteiger partial charge in [0, 0.05) is 32.2 Å². The molecular weight excluding hydrogens is 452 g/mol. The molecule has 34 heavy (non-hydrogen) atoms. The number of nitrogens with two attached hydrogens (primary N) is 1. The minimum Gasteiger partial charge on any atom is -0.414 e. The molecule has 3 aromatic heterocycles. The van der Waals surface area contributed by atoms with Crippen LogP contribution in [0.3, 0.4) is 0 Å². The van der Waals surface area contributed by atoms with Gasteiger partial charge in [-0.2, -0.15) is 5.26 Å². The number of carbonyl (C=O) groups is 1. The molecular formula is C23H22N8O2S. The number of nitrogens with one attached hydrogen (secondary N) is 1. The second kappa shape index (κ2) is 9.38. The number of hydrogen-bond acceptors (Lipinski definition) is 10. The molecule has 172 valence electrons. The number of thiophene rings is 1. The Labute approximate surface area is 200 Å². The van der Waals surface area contributed by atoms with Crippen molar-refractivity contribution in [2.24, 2.45) is 0 Å². The van der Waals surface area contributed by atoms with Crippen molar-refractivity contribution in [3.63, 3.8) is 0 Å². The van der Waals surface area contributed by atoms with Crippen molar-refractivity contribution in [3.8, 4) is 39.7 Å². The van der Waals surface area contributed by atoms with Crippen LogP contribution in [0.2, 0.25) is 0 Å². The van der Waals surface area contributed by atoms with Gasteiger partial charge in [0.2, 0.25) is 0 Å². The molecule has 1 aliphatic rings. The molecule has 5 rings (SSSR count). The zero-order chi connectivity index (χ0) is 23.5. The maximum Gasteiger partial charge on any atom is 0.270 e. The molecule has 0 saturated carbocycles. The highest BCUT2D eigenvalue weighted by atomic mass is 32.1. The first-order valence-corrected chi connectivity index (χ1v) is 11.6.